The molecule has 0 heterocycles. The average molecular weight is 278 g/mol. The molecular formula is C15H22N2O3. The number of amides is 1. The Bertz CT molecular complexity index is 472. The van der Waals surface area contributed by atoms with Crippen molar-refractivity contribution in [3.8, 4) is 0 Å². The van der Waals surface area contributed by atoms with Gasteiger partial charge in [0.05, 0.1) is 5.56 Å². The zero-order valence-electron chi connectivity index (χ0n) is 11.8. The molecular weight excluding hydrogens is 256 g/mol. The number of unbranched alkanes of at least 4 members (excludes halogenated alkanes) is 3. The summed E-state index contributed by atoms with van der Waals surface area (Å²) < 4.78 is 0. The molecule has 0 unspecified atom stereocenters. The Balaban J connectivity index is 2.42. The molecule has 1 rings (SSSR count). The van der Waals surface area contributed by atoms with Crippen LogP contribution in [0.25, 0.3) is 0 Å². The summed E-state index contributed by atoms with van der Waals surface area (Å²) in [4.78, 5) is 22.6. The lowest BCUT2D eigenvalue weighted by atomic mass is 10.1. The summed E-state index contributed by atoms with van der Waals surface area (Å²) in [7, 11) is 0. The van der Waals surface area contributed by atoms with Crippen molar-refractivity contribution in [2.24, 2.45) is 5.73 Å². The van der Waals surface area contributed by atoms with Crippen LogP contribution in [0.4, 0.5) is 5.69 Å². The fourth-order valence-electron chi connectivity index (χ4n) is 1.99. The molecule has 0 radical (unpaired) electrons. The minimum absolute atomic E-state index is 0.0415. The highest BCUT2D eigenvalue weighted by molar-refractivity contribution is 5.93. The van der Waals surface area contributed by atoms with Crippen molar-refractivity contribution >= 4 is 17.6 Å². The smallest absolute Gasteiger partial charge is 0.335 e. The summed E-state index contributed by atoms with van der Waals surface area (Å²) in [6.07, 6.45) is 4.37. The minimum Gasteiger partial charge on any atom is -0.478 e. The first-order valence-electron chi connectivity index (χ1n) is 6.88. The molecule has 0 atom stereocenters. The summed E-state index contributed by atoms with van der Waals surface area (Å²) >= 11 is 0. The number of carbonyl (C=O) groups excluding carboxylic acids is 1. The highest BCUT2D eigenvalue weighted by Gasteiger charge is 2.08. The highest BCUT2D eigenvalue weighted by Crippen LogP contribution is 2.16. The summed E-state index contributed by atoms with van der Waals surface area (Å²) in [5.41, 5.74) is 6.93. The maximum absolute atomic E-state index is 11.7. The Kier molecular flexibility index (Phi) is 6.73. The number of carbonyl (C=O) groups is 2. The first-order valence-corrected chi connectivity index (χ1v) is 6.88. The molecule has 1 amide bonds. The Morgan fingerprint density at radius 3 is 2.50 bits per heavy atom. The third-order valence-electron chi connectivity index (χ3n) is 3.10. The third kappa shape index (κ3) is 5.40. The van der Waals surface area contributed by atoms with E-state index in [0.29, 0.717) is 24.2 Å². The highest BCUT2D eigenvalue weighted by atomic mass is 16.4. The fourth-order valence-corrected chi connectivity index (χ4v) is 1.99. The van der Waals surface area contributed by atoms with Gasteiger partial charge in [-0.05, 0) is 50.1 Å². The summed E-state index contributed by atoms with van der Waals surface area (Å²) in [5, 5.41) is 11.7. The van der Waals surface area contributed by atoms with Gasteiger partial charge in [0.15, 0.2) is 0 Å². The summed E-state index contributed by atoms with van der Waals surface area (Å²) in [5.74, 6) is -1.000. The SMILES string of the molecule is Cc1cc(NC(=O)CCCCCCN)ccc1C(=O)O. The first-order chi connectivity index (χ1) is 9.54. The van der Waals surface area contributed by atoms with Crippen molar-refractivity contribution in [3.05, 3.63) is 29.3 Å². The minimum atomic E-state index is -0.958. The second kappa shape index (κ2) is 8.32. The van der Waals surface area contributed by atoms with E-state index < -0.39 is 5.97 Å². The van der Waals surface area contributed by atoms with Crippen LogP contribution in [0.5, 0.6) is 0 Å². The van der Waals surface area contributed by atoms with E-state index in [1.54, 1.807) is 19.1 Å². The maximum Gasteiger partial charge on any atom is 0.335 e. The molecule has 5 nitrogen and oxygen atoms in total. The molecule has 0 saturated carbocycles. The van der Waals surface area contributed by atoms with E-state index in [4.69, 9.17) is 10.8 Å². The van der Waals surface area contributed by atoms with E-state index in [1.165, 1.54) is 6.07 Å². The Morgan fingerprint density at radius 2 is 1.90 bits per heavy atom. The monoisotopic (exact) mass is 278 g/mol. The fraction of sp³-hybridized carbons (Fsp3) is 0.467. The van der Waals surface area contributed by atoms with Gasteiger partial charge in [-0.25, -0.2) is 4.79 Å². The Hall–Kier alpha value is -1.88. The van der Waals surface area contributed by atoms with Crippen LogP contribution in [0.15, 0.2) is 18.2 Å². The Labute approximate surface area is 119 Å². The van der Waals surface area contributed by atoms with Gasteiger partial charge in [0.2, 0.25) is 5.91 Å². The third-order valence-corrected chi connectivity index (χ3v) is 3.10. The zero-order chi connectivity index (χ0) is 15.0. The average Bonchev–Trinajstić information content (AvgIpc) is 2.38. The van der Waals surface area contributed by atoms with Crippen molar-refractivity contribution in [2.45, 2.75) is 39.0 Å². The van der Waals surface area contributed by atoms with Gasteiger partial charge in [-0.2, -0.15) is 0 Å². The predicted octanol–water partition coefficient (Wildman–Crippen LogP) is 2.54. The number of hydrogen-bond acceptors (Lipinski definition) is 3. The van der Waals surface area contributed by atoms with Crippen LogP contribution in [0.2, 0.25) is 0 Å². The van der Waals surface area contributed by atoms with E-state index in [9.17, 15) is 9.59 Å². The molecule has 0 aliphatic rings. The molecule has 0 saturated heterocycles. The largest absolute Gasteiger partial charge is 0.478 e. The van der Waals surface area contributed by atoms with E-state index in [-0.39, 0.29) is 11.5 Å². The Morgan fingerprint density at radius 1 is 1.20 bits per heavy atom. The van der Waals surface area contributed by atoms with Crippen LogP contribution in [-0.4, -0.2) is 23.5 Å². The number of nitrogens with two attached hydrogens (primary N) is 1. The lowest BCUT2D eigenvalue weighted by Crippen LogP contribution is -2.12. The quantitative estimate of drug-likeness (QED) is 0.637. The van der Waals surface area contributed by atoms with Gasteiger partial charge in [-0.3, -0.25) is 4.79 Å². The molecule has 1 aromatic carbocycles. The zero-order valence-corrected chi connectivity index (χ0v) is 11.8. The van der Waals surface area contributed by atoms with Crippen molar-refractivity contribution < 1.29 is 14.7 Å². The second-order valence-electron chi connectivity index (χ2n) is 4.84. The number of hydrogen-bond donors (Lipinski definition) is 3. The molecule has 110 valence electrons. The van der Waals surface area contributed by atoms with Gasteiger partial charge in [-0.1, -0.05) is 12.8 Å². The number of benzene rings is 1. The van der Waals surface area contributed by atoms with Crippen LogP contribution < -0.4 is 11.1 Å². The van der Waals surface area contributed by atoms with Crippen LogP contribution in [0.1, 0.15) is 48.0 Å². The van der Waals surface area contributed by atoms with Crippen molar-refractivity contribution in [1.82, 2.24) is 0 Å². The van der Waals surface area contributed by atoms with Gasteiger partial charge in [0.1, 0.15) is 0 Å². The molecule has 0 fully saturated rings. The first kappa shape index (κ1) is 16.2. The number of anilines is 1. The van der Waals surface area contributed by atoms with Crippen molar-refractivity contribution in [1.29, 1.82) is 0 Å². The molecule has 20 heavy (non-hydrogen) atoms. The summed E-state index contributed by atoms with van der Waals surface area (Å²) in [6, 6.07) is 4.80. The van der Waals surface area contributed by atoms with E-state index >= 15 is 0 Å². The van der Waals surface area contributed by atoms with Gasteiger partial charge < -0.3 is 16.2 Å². The molecule has 0 bridgehead atoms. The van der Waals surface area contributed by atoms with Gasteiger partial charge >= 0.3 is 5.97 Å². The van der Waals surface area contributed by atoms with Crippen molar-refractivity contribution in [3.63, 3.8) is 0 Å². The standard InChI is InChI=1S/C15H22N2O3/c1-11-10-12(7-8-13(11)15(19)20)17-14(18)6-4-2-3-5-9-16/h7-8,10H,2-6,9,16H2,1H3,(H,17,18)(H,19,20). The molecule has 0 aliphatic heterocycles. The van der Waals surface area contributed by atoms with E-state index in [1.807, 2.05) is 0 Å². The van der Waals surface area contributed by atoms with Crippen LogP contribution in [-0.2, 0) is 4.79 Å². The maximum atomic E-state index is 11.7. The van der Waals surface area contributed by atoms with E-state index in [2.05, 4.69) is 5.32 Å². The van der Waals surface area contributed by atoms with Gasteiger partial charge in [0.25, 0.3) is 0 Å². The number of nitrogens with one attached hydrogen (secondary N) is 1. The summed E-state index contributed by atoms with van der Waals surface area (Å²) in [6.45, 7) is 2.41. The topological polar surface area (TPSA) is 92.4 Å². The second-order valence-corrected chi connectivity index (χ2v) is 4.84. The molecule has 1 aromatic rings. The van der Waals surface area contributed by atoms with Crippen molar-refractivity contribution in [2.75, 3.05) is 11.9 Å². The van der Waals surface area contributed by atoms with Crippen LogP contribution >= 0.6 is 0 Å². The number of aromatic carboxylic acids is 1. The predicted molar refractivity (Wildman–Crippen MR) is 78.9 cm³/mol. The van der Waals surface area contributed by atoms with Gasteiger partial charge in [0, 0.05) is 12.1 Å². The molecule has 4 N–H and O–H groups in total. The molecule has 0 aliphatic carbocycles. The lowest BCUT2D eigenvalue weighted by Gasteiger charge is -2.07. The molecule has 5 heteroatoms. The van der Waals surface area contributed by atoms with Crippen LogP contribution in [0.3, 0.4) is 0 Å². The lowest BCUT2D eigenvalue weighted by molar-refractivity contribution is -0.116. The number of carboxylic acid groups (broad SMARTS) is 1. The number of carboxylic acids is 1. The normalized spacial score (nSPS) is 10.3. The van der Waals surface area contributed by atoms with Crippen LogP contribution in [0, 0.1) is 6.92 Å². The molecule has 0 aromatic heterocycles. The number of aryl methyl sites for hydroxylation is 1. The van der Waals surface area contributed by atoms with Gasteiger partial charge in [-0.15, -0.1) is 0 Å². The number of rotatable bonds is 8. The molecule has 0 spiro atoms. The van der Waals surface area contributed by atoms with E-state index in [0.717, 1.165) is 25.7 Å².